The second-order valence-corrected chi connectivity index (χ2v) is 11.8. The van der Waals surface area contributed by atoms with E-state index in [9.17, 15) is 0 Å². The second-order valence-electron chi connectivity index (χ2n) is 6.48. The molecule has 0 atom stereocenters. The average molecular weight is 379 g/mol. The number of aryl methyl sites for hydroxylation is 2. The van der Waals surface area contributed by atoms with Crippen LogP contribution in [0.4, 0.5) is 0 Å². The molecule has 0 spiro atoms. The molecule has 2 aromatic rings. The zero-order valence-corrected chi connectivity index (χ0v) is 16.5. The molecule has 0 unspecified atom stereocenters. The maximum atomic E-state index is 6.06. The highest BCUT2D eigenvalue weighted by Gasteiger charge is 2.17. The molecule has 22 heavy (non-hydrogen) atoms. The van der Waals surface area contributed by atoms with Crippen LogP contribution in [0.15, 0.2) is 40.9 Å². The Kier molecular flexibility index (Phi) is 5.35. The van der Waals surface area contributed by atoms with Gasteiger partial charge in [0.1, 0.15) is 18.1 Å². The monoisotopic (exact) mass is 378 g/mol. The van der Waals surface area contributed by atoms with Gasteiger partial charge in [-0.1, -0.05) is 34.1 Å². The minimum atomic E-state index is -1.60. The van der Waals surface area contributed by atoms with Crippen LogP contribution in [0, 0.1) is 13.8 Å². The maximum absolute atomic E-state index is 6.06. The Labute approximate surface area is 142 Å². The first-order chi connectivity index (χ1) is 10.3. The van der Waals surface area contributed by atoms with Crippen molar-refractivity contribution >= 4 is 24.2 Å². The number of benzene rings is 2. The molecule has 0 fully saturated rings. The molecule has 0 heterocycles. The lowest BCUT2D eigenvalue weighted by atomic mass is 10.1. The third-order valence-corrected chi connectivity index (χ3v) is 4.84. The molecule has 4 heteroatoms. The Balaban J connectivity index is 2.17. The highest BCUT2D eigenvalue weighted by Crippen LogP contribution is 2.28. The Morgan fingerprint density at radius 2 is 1.64 bits per heavy atom. The minimum absolute atomic E-state index is 0.523. The molecule has 0 radical (unpaired) electrons. The van der Waals surface area contributed by atoms with Crippen LogP contribution in [0.3, 0.4) is 0 Å². The number of hydrogen-bond donors (Lipinski definition) is 0. The standard InChI is InChI=1S/C18H23BrO2Si/c1-13-7-6-8-14(2)18(13)20-12-15-11-16(9-10-17(15)19)21-22(3,4)5/h6-11H,12H2,1-5H3. The predicted molar refractivity (Wildman–Crippen MR) is 98.4 cm³/mol. The summed E-state index contributed by atoms with van der Waals surface area (Å²) in [7, 11) is -1.60. The van der Waals surface area contributed by atoms with Gasteiger partial charge in [-0.05, 0) is 62.8 Å². The summed E-state index contributed by atoms with van der Waals surface area (Å²) in [4.78, 5) is 0. The van der Waals surface area contributed by atoms with Crippen molar-refractivity contribution in [2.24, 2.45) is 0 Å². The van der Waals surface area contributed by atoms with Crippen molar-refractivity contribution < 1.29 is 9.16 Å². The zero-order valence-electron chi connectivity index (χ0n) is 13.9. The molecule has 0 aliphatic rings. The summed E-state index contributed by atoms with van der Waals surface area (Å²) in [6.07, 6.45) is 0. The minimum Gasteiger partial charge on any atom is -0.544 e. The summed E-state index contributed by atoms with van der Waals surface area (Å²) < 4.78 is 13.1. The van der Waals surface area contributed by atoms with Crippen LogP contribution in [0.5, 0.6) is 11.5 Å². The lowest BCUT2D eigenvalue weighted by molar-refractivity contribution is 0.301. The molecule has 0 aliphatic carbocycles. The molecule has 2 aromatic carbocycles. The summed E-state index contributed by atoms with van der Waals surface area (Å²) in [5, 5.41) is 0. The summed E-state index contributed by atoms with van der Waals surface area (Å²) >= 11 is 3.60. The van der Waals surface area contributed by atoms with Crippen LogP contribution in [-0.2, 0) is 6.61 Å². The fraction of sp³-hybridized carbons (Fsp3) is 0.333. The van der Waals surface area contributed by atoms with Crippen LogP contribution in [0.1, 0.15) is 16.7 Å². The van der Waals surface area contributed by atoms with Crippen LogP contribution >= 0.6 is 15.9 Å². The van der Waals surface area contributed by atoms with E-state index in [4.69, 9.17) is 9.16 Å². The zero-order chi connectivity index (χ0) is 16.3. The van der Waals surface area contributed by atoms with E-state index in [1.807, 2.05) is 12.1 Å². The third kappa shape index (κ3) is 4.62. The Morgan fingerprint density at radius 1 is 1.00 bits per heavy atom. The summed E-state index contributed by atoms with van der Waals surface area (Å²) in [6.45, 7) is 11.2. The fourth-order valence-corrected chi connectivity index (χ4v) is 3.45. The van der Waals surface area contributed by atoms with E-state index in [2.05, 4.69) is 73.7 Å². The quantitative estimate of drug-likeness (QED) is 0.606. The number of ether oxygens (including phenoxy) is 1. The van der Waals surface area contributed by atoms with E-state index >= 15 is 0 Å². The first kappa shape index (κ1) is 17.1. The van der Waals surface area contributed by atoms with Gasteiger partial charge in [0.05, 0.1) is 0 Å². The molecular weight excluding hydrogens is 356 g/mol. The molecule has 0 N–H and O–H groups in total. The topological polar surface area (TPSA) is 18.5 Å². The van der Waals surface area contributed by atoms with Crippen LogP contribution in [0.2, 0.25) is 19.6 Å². The SMILES string of the molecule is Cc1cccc(C)c1OCc1cc(O[Si](C)(C)C)ccc1Br. The largest absolute Gasteiger partial charge is 0.544 e. The van der Waals surface area contributed by atoms with Crippen molar-refractivity contribution in [2.45, 2.75) is 40.1 Å². The van der Waals surface area contributed by atoms with Crippen LogP contribution in [0.25, 0.3) is 0 Å². The smallest absolute Gasteiger partial charge is 0.242 e. The normalized spacial score (nSPS) is 11.4. The fourth-order valence-electron chi connectivity index (χ4n) is 2.26. The average Bonchev–Trinajstić information content (AvgIpc) is 2.40. The van der Waals surface area contributed by atoms with E-state index < -0.39 is 8.32 Å². The highest BCUT2D eigenvalue weighted by molar-refractivity contribution is 9.10. The van der Waals surface area contributed by atoms with Gasteiger partial charge in [0.15, 0.2) is 0 Å². The molecule has 118 valence electrons. The van der Waals surface area contributed by atoms with Gasteiger partial charge < -0.3 is 9.16 Å². The van der Waals surface area contributed by atoms with Crippen LogP contribution in [-0.4, -0.2) is 8.32 Å². The molecule has 0 bridgehead atoms. The summed E-state index contributed by atoms with van der Waals surface area (Å²) in [5.41, 5.74) is 3.41. The molecule has 0 saturated carbocycles. The highest BCUT2D eigenvalue weighted by atomic mass is 79.9. The molecule has 0 amide bonds. The van der Waals surface area contributed by atoms with Gasteiger partial charge >= 0.3 is 0 Å². The van der Waals surface area contributed by atoms with E-state index in [0.29, 0.717) is 6.61 Å². The first-order valence-corrected chi connectivity index (χ1v) is 11.6. The van der Waals surface area contributed by atoms with Gasteiger partial charge in [-0.15, -0.1) is 0 Å². The molecule has 2 rings (SSSR count). The Bertz CT molecular complexity index is 642. The van der Waals surface area contributed by atoms with E-state index in [0.717, 1.165) is 32.7 Å². The molecule has 0 saturated heterocycles. The van der Waals surface area contributed by atoms with Gasteiger partial charge in [-0.2, -0.15) is 0 Å². The number of para-hydroxylation sites is 1. The number of rotatable bonds is 5. The Morgan fingerprint density at radius 3 is 2.23 bits per heavy atom. The lowest BCUT2D eigenvalue weighted by Crippen LogP contribution is -2.29. The van der Waals surface area contributed by atoms with Crippen molar-refractivity contribution in [3.63, 3.8) is 0 Å². The molecular formula is C18H23BrO2Si. The van der Waals surface area contributed by atoms with Crippen molar-refractivity contribution in [3.8, 4) is 11.5 Å². The van der Waals surface area contributed by atoms with Crippen molar-refractivity contribution in [3.05, 3.63) is 57.6 Å². The molecule has 0 aromatic heterocycles. The van der Waals surface area contributed by atoms with Crippen molar-refractivity contribution in [1.29, 1.82) is 0 Å². The van der Waals surface area contributed by atoms with Gasteiger partial charge in [0.25, 0.3) is 0 Å². The second kappa shape index (κ2) is 6.88. The van der Waals surface area contributed by atoms with Crippen LogP contribution < -0.4 is 9.16 Å². The van der Waals surface area contributed by atoms with Gasteiger partial charge in [0, 0.05) is 10.0 Å². The lowest BCUT2D eigenvalue weighted by Gasteiger charge is -2.20. The van der Waals surface area contributed by atoms with E-state index in [1.165, 1.54) is 0 Å². The van der Waals surface area contributed by atoms with E-state index in [-0.39, 0.29) is 0 Å². The van der Waals surface area contributed by atoms with Crippen molar-refractivity contribution in [1.82, 2.24) is 0 Å². The molecule has 2 nitrogen and oxygen atoms in total. The number of hydrogen-bond acceptors (Lipinski definition) is 2. The number of halogens is 1. The first-order valence-electron chi connectivity index (χ1n) is 7.43. The molecule has 0 aliphatic heterocycles. The maximum Gasteiger partial charge on any atom is 0.242 e. The third-order valence-electron chi connectivity index (χ3n) is 3.22. The van der Waals surface area contributed by atoms with Gasteiger partial charge in [0.2, 0.25) is 8.32 Å². The summed E-state index contributed by atoms with van der Waals surface area (Å²) in [6, 6.07) is 12.3. The van der Waals surface area contributed by atoms with Gasteiger partial charge in [-0.3, -0.25) is 0 Å². The van der Waals surface area contributed by atoms with E-state index in [1.54, 1.807) is 0 Å². The predicted octanol–water partition coefficient (Wildman–Crippen LogP) is 5.86. The Hall–Kier alpha value is -1.26. The summed E-state index contributed by atoms with van der Waals surface area (Å²) in [5.74, 6) is 1.88. The van der Waals surface area contributed by atoms with Gasteiger partial charge in [-0.25, -0.2) is 0 Å². The van der Waals surface area contributed by atoms with Crippen molar-refractivity contribution in [2.75, 3.05) is 0 Å².